The lowest BCUT2D eigenvalue weighted by atomic mass is 9.77. The number of fused-ring (bicyclic) bond motifs is 2. The predicted molar refractivity (Wildman–Crippen MR) is 98.4 cm³/mol. The first-order chi connectivity index (χ1) is 12.7. The van der Waals surface area contributed by atoms with Gasteiger partial charge in [0.25, 0.3) is 5.91 Å². The summed E-state index contributed by atoms with van der Waals surface area (Å²) >= 11 is 0. The van der Waals surface area contributed by atoms with E-state index in [9.17, 15) is 9.90 Å². The van der Waals surface area contributed by atoms with Crippen LogP contribution in [0, 0.1) is 11.8 Å². The van der Waals surface area contributed by atoms with Crippen LogP contribution in [0.15, 0.2) is 18.2 Å². The number of aliphatic hydroxyl groups excluding tert-OH is 1. The molecule has 5 nitrogen and oxygen atoms in total. The number of hydrogen-bond acceptors (Lipinski definition) is 4. The Morgan fingerprint density at radius 3 is 2.69 bits per heavy atom. The number of nitrogens with zero attached hydrogens (tertiary/aromatic N) is 2. The van der Waals surface area contributed by atoms with Crippen LogP contribution in [0.2, 0.25) is 0 Å². The van der Waals surface area contributed by atoms with Crippen molar-refractivity contribution in [2.24, 2.45) is 11.8 Å². The zero-order valence-corrected chi connectivity index (χ0v) is 15.3. The number of carbonyl (C=O) groups excluding carboxylic acids is 1. The fourth-order valence-electron chi connectivity index (χ4n) is 5.54. The van der Waals surface area contributed by atoms with Gasteiger partial charge in [0.05, 0.1) is 12.7 Å². The highest BCUT2D eigenvalue weighted by molar-refractivity contribution is 5.95. The molecule has 0 aromatic heterocycles. The summed E-state index contributed by atoms with van der Waals surface area (Å²) in [6.45, 7) is 4.60. The topological polar surface area (TPSA) is 53.0 Å². The third-order valence-electron chi connectivity index (χ3n) is 6.94. The third-order valence-corrected chi connectivity index (χ3v) is 6.94. The number of carbonyl (C=O) groups is 1. The van der Waals surface area contributed by atoms with Crippen molar-refractivity contribution in [2.75, 3.05) is 32.8 Å². The molecule has 3 aliphatic heterocycles. The van der Waals surface area contributed by atoms with Crippen molar-refractivity contribution in [1.29, 1.82) is 0 Å². The quantitative estimate of drug-likeness (QED) is 0.880. The van der Waals surface area contributed by atoms with Crippen molar-refractivity contribution in [3.8, 4) is 5.75 Å². The maximum Gasteiger partial charge on any atom is 0.253 e. The normalized spacial score (nSPS) is 33.8. The molecule has 1 aliphatic carbocycles. The molecular formula is C21H28N2O3. The van der Waals surface area contributed by atoms with Crippen LogP contribution in [0.1, 0.15) is 41.6 Å². The summed E-state index contributed by atoms with van der Waals surface area (Å²) in [5.74, 6) is 2.05. The summed E-state index contributed by atoms with van der Waals surface area (Å²) in [6.07, 6.45) is 5.04. The van der Waals surface area contributed by atoms with E-state index in [0.29, 0.717) is 17.9 Å². The minimum Gasteiger partial charge on any atom is -0.493 e. The molecule has 1 aromatic rings. The van der Waals surface area contributed by atoms with E-state index in [1.54, 1.807) is 0 Å². The standard InChI is InChI=1S/C21H28N2O3/c24-19-11-17-13-23(12-16(17)10-18(19)22-6-1-2-7-22)21(25)15-3-4-20-14(9-15)5-8-26-20/h3-4,9,16-19,24H,1-2,5-8,10-13H2/t16-,17+,18-,19-/m1/s1. The van der Waals surface area contributed by atoms with Crippen molar-refractivity contribution in [3.05, 3.63) is 29.3 Å². The number of ether oxygens (including phenoxy) is 1. The molecule has 1 aromatic carbocycles. The van der Waals surface area contributed by atoms with Crippen LogP contribution in [0.5, 0.6) is 5.75 Å². The monoisotopic (exact) mass is 356 g/mol. The van der Waals surface area contributed by atoms with Gasteiger partial charge in [-0.2, -0.15) is 0 Å². The van der Waals surface area contributed by atoms with Crippen molar-refractivity contribution in [3.63, 3.8) is 0 Å². The number of benzene rings is 1. The fourth-order valence-corrected chi connectivity index (χ4v) is 5.54. The lowest BCUT2D eigenvalue weighted by molar-refractivity contribution is -0.000864. The molecule has 0 spiro atoms. The van der Waals surface area contributed by atoms with Gasteiger partial charge in [0, 0.05) is 31.1 Å². The summed E-state index contributed by atoms with van der Waals surface area (Å²) < 4.78 is 5.55. The Bertz CT molecular complexity index is 700. The Balaban J connectivity index is 1.28. The summed E-state index contributed by atoms with van der Waals surface area (Å²) in [6, 6.07) is 6.14. The van der Waals surface area contributed by atoms with Crippen molar-refractivity contribution >= 4 is 5.91 Å². The number of hydrogen-bond donors (Lipinski definition) is 1. The van der Waals surface area contributed by atoms with Crippen molar-refractivity contribution < 1.29 is 14.6 Å². The second-order valence-electron chi connectivity index (χ2n) is 8.50. The molecular weight excluding hydrogens is 328 g/mol. The molecule has 0 radical (unpaired) electrons. The largest absolute Gasteiger partial charge is 0.493 e. The van der Waals surface area contributed by atoms with E-state index in [0.717, 1.165) is 68.9 Å². The summed E-state index contributed by atoms with van der Waals surface area (Å²) in [4.78, 5) is 17.5. The second-order valence-corrected chi connectivity index (χ2v) is 8.50. The molecule has 4 atom stereocenters. The van der Waals surface area contributed by atoms with E-state index >= 15 is 0 Å². The predicted octanol–water partition coefficient (Wildman–Crippen LogP) is 1.93. The molecule has 0 bridgehead atoms. The molecule has 1 N–H and O–H groups in total. The molecule has 26 heavy (non-hydrogen) atoms. The van der Waals surface area contributed by atoms with Crippen molar-refractivity contribution in [2.45, 2.75) is 44.2 Å². The van der Waals surface area contributed by atoms with Crippen molar-refractivity contribution in [1.82, 2.24) is 9.80 Å². The highest BCUT2D eigenvalue weighted by Gasteiger charge is 2.45. The molecule has 3 fully saturated rings. The second kappa shape index (κ2) is 6.54. The van der Waals surface area contributed by atoms with Gasteiger partial charge < -0.3 is 14.7 Å². The van der Waals surface area contributed by atoms with Crippen LogP contribution >= 0.6 is 0 Å². The third kappa shape index (κ3) is 2.81. The SMILES string of the molecule is O=C(c1ccc2c(c1)CCO2)N1C[C@H]2C[C@@H](N3CCCC3)[C@H](O)C[C@H]2C1. The van der Waals surface area contributed by atoms with Crippen LogP contribution < -0.4 is 4.74 Å². The zero-order valence-electron chi connectivity index (χ0n) is 15.3. The van der Waals surface area contributed by atoms with Gasteiger partial charge >= 0.3 is 0 Å². The first-order valence-electron chi connectivity index (χ1n) is 10.2. The number of likely N-dealkylation sites (tertiary alicyclic amines) is 2. The smallest absolute Gasteiger partial charge is 0.253 e. The van der Waals surface area contributed by atoms with Crippen LogP contribution in [0.3, 0.4) is 0 Å². The van der Waals surface area contributed by atoms with Gasteiger partial charge in [-0.25, -0.2) is 0 Å². The molecule has 3 heterocycles. The Morgan fingerprint density at radius 2 is 1.88 bits per heavy atom. The molecule has 5 heteroatoms. The average molecular weight is 356 g/mol. The Hall–Kier alpha value is -1.59. The van der Waals surface area contributed by atoms with E-state index in [-0.39, 0.29) is 12.0 Å². The maximum atomic E-state index is 13.0. The summed E-state index contributed by atoms with van der Waals surface area (Å²) in [5.41, 5.74) is 1.93. The molecule has 1 amide bonds. The van der Waals surface area contributed by atoms with E-state index in [2.05, 4.69) is 4.90 Å². The van der Waals surface area contributed by atoms with E-state index in [4.69, 9.17) is 4.74 Å². The van der Waals surface area contributed by atoms with Gasteiger partial charge in [-0.05, 0) is 74.4 Å². The van der Waals surface area contributed by atoms with Crippen LogP contribution in [0.25, 0.3) is 0 Å². The van der Waals surface area contributed by atoms with Gasteiger partial charge in [0.15, 0.2) is 0 Å². The minimum atomic E-state index is -0.235. The van der Waals surface area contributed by atoms with Gasteiger partial charge in [0.1, 0.15) is 5.75 Å². The zero-order chi connectivity index (χ0) is 17.7. The van der Waals surface area contributed by atoms with Crippen LogP contribution in [0.4, 0.5) is 0 Å². The maximum absolute atomic E-state index is 13.0. The highest BCUT2D eigenvalue weighted by Crippen LogP contribution is 2.39. The van der Waals surface area contributed by atoms with Crippen LogP contribution in [-0.2, 0) is 6.42 Å². The number of rotatable bonds is 2. The highest BCUT2D eigenvalue weighted by atomic mass is 16.5. The summed E-state index contributed by atoms with van der Waals surface area (Å²) in [7, 11) is 0. The lowest BCUT2D eigenvalue weighted by Gasteiger charge is -2.40. The fraction of sp³-hybridized carbons (Fsp3) is 0.667. The minimum absolute atomic E-state index is 0.140. The van der Waals surface area contributed by atoms with Gasteiger partial charge in [-0.15, -0.1) is 0 Å². The van der Waals surface area contributed by atoms with Gasteiger partial charge in [-0.3, -0.25) is 9.69 Å². The molecule has 2 saturated heterocycles. The van der Waals surface area contributed by atoms with E-state index in [1.165, 1.54) is 12.8 Å². The Kier molecular flexibility index (Phi) is 4.17. The average Bonchev–Trinajstić information content (AvgIpc) is 3.38. The first kappa shape index (κ1) is 16.6. The van der Waals surface area contributed by atoms with E-state index in [1.807, 2.05) is 23.1 Å². The molecule has 140 valence electrons. The molecule has 0 unspecified atom stereocenters. The van der Waals surface area contributed by atoms with Crippen LogP contribution in [-0.4, -0.2) is 65.7 Å². The molecule has 1 saturated carbocycles. The number of amides is 1. The van der Waals surface area contributed by atoms with Gasteiger partial charge in [-0.1, -0.05) is 0 Å². The summed E-state index contributed by atoms with van der Waals surface area (Å²) in [5, 5.41) is 10.7. The number of aliphatic hydroxyl groups is 1. The van der Waals surface area contributed by atoms with E-state index < -0.39 is 0 Å². The Labute approximate surface area is 154 Å². The lowest BCUT2D eigenvalue weighted by Crippen LogP contribution is -2.48. The molecule has 4 aliphatic rings. The first-order valence-corrected chi connectivity index (χ1v) is 10.2. The Morgan fingerprint density at radius 1 is 1.12 bits per heavy atom. The molecule has 5 rings (SSSR count). The van der Waals surface area contributed by atoms with Gasteiger partial charge in [0.2, 0.25) is 0 Å².